The van der Waals surface area contributed by atoms with Gasteiger partial charge in [-0.3, -0.25) is 9.59 Å². The second-order valence-corrected chi connectivity index (χ2v) is 11.4. The predicted molar refractivity (Wildman–Crippen MR) is 170 cm³/mol. The fourth-order valence-corrected chi connectivity index (χ4v) is 5.83. The molecular formula is C31H33ClFN9O2. The summed E-state index contributed by atoms with van der Waals surface area (Å²) in [6, 6.07) is 8.34. The molecule has 1 aromatic carbocycles. The number of carbonyl (C=O) groups excluding carboxylic acids is 2. The molecule has 3 aromatic heterocycles. The van der Waals surface area contributed by atoms with Crippen molar-refractivity contribution in [3.8, 4) is 11.3 Å². The summed E-state index contributed by atoms with van der Waals surface area (Å²) in [7, 11) is 2.06. The molecule has 2 saturated heterocycles. The van der Waals surface area contributed by atoms with Crippen LogP contribution in [0.1, 0.15) is 16.8 Å². The number of halogens is 2. The molecule has 2 aliphatic heterocycles. The number of anilines is 3. The average molecular weight is 618 g/mol. The number of fused-ring (bicyclic) bond motifs is 1. The SMILES string of the molecule is C=CC(=O)Nc1ccc(C(=O)N2CC[C@@H](Nc3ncc(Cl)c(-c4c[nH]c5ncccc45)n3)[C@H](F)C2)cc1N1CCN(C)CC1. The van der Waals surface area contributed by atoms with Crippen LogP contribution in [-0.4, -0.2) is 100 Å². The van der Waals surface area contributed by atoms with E-state index in [1.165, 1.54) is 17.2 Å². The third kappa shape index (κ3) is 6.08. The molecule has 0 spiro atoms. The van der Waals surface area contributed by atoms with Crippen molar-refractivity contribution in [2.75, 3.05) is 61.8 Å². The lowest BCUT2D eigenvalue weighted by molar-refractivity contribution is -0.111. The first-order chi connectivity index (χ1) is 21.3. The maximum absolute atomic E-state index is 15.6. The maximum atomic E-state index is 15.6. The highest BCUT2D eigenvalue weighted by molar-refractivity contribution is 6.33. The number of aromatic nitrogens is 4. The molecule has 0 aliphatic carbocycles. The van der Waals surface area contributed by atoms with Crippen molar-refractivity contribution in [3.05, 3.63) is 72.2 Å². The Hall–Kier alpha value is -4.55. The first kappa shape index (κ1) is 29.5. The summed E-state index contributed by atoms with van der Waals surface area (Å²) in [5, 5.41) is 7.19. The minimum Gasteiger partial charge on any atom is -0.367 e. The normalized spacial score (nSPS) is 19.2. The Bertz CT molecular complexity index is 1700. The Labute approximate surface area is 259 Å². The summed E-state index contributed by atoms with van der Waals surface area (Å²) in [4.78, 5) is 47.9. The number of amides is 2. The summed E-state index contributed by atoms with van der Waals surface area (Å²) >= 11 is 6.45. The molecule has 11 nitrogen and oxygen atoms in total. The Morgan fingerprint density at radius 3 is 2.75 bits per heavy atom. The van der Waals surface area contributed by atoms with Crippen LogP contribution in [0.15, 0.2) is 61.6 Å². The van der Waals surface area contributed by atoms with Crippen molar-refractivity contribution in [1.29, 1.82) is 0 Å². The van der Waals surface area contributed by atoms with Crippen molar-refractivity contribution in [1.82, 2.24) is 29.7 Å². The van der Waals surface area contributed by atoms with E-state index in [9.17, 15) is 9.59 Å². The zero-order valence-corrected chi connectivity index (χ0v) is 25.0. The zero-order valence-electron chi connectivity index (χ0n) is 24.3. The van der Waals surface area contributed by atoms with Gasteiger partial charge in [0.15, 0.2) is 0 Å². The third-order valence-corrected chi connectivity index (χ3v) is 8.40. The average Bonchev–Trinajstić information content (AvgIpc) is 3.47. The number of likely N-dealkylation sites (tertiary alicyclic amines) is 1. The van der Waals surface area contributed by atoms with Crippen LogP contribution in [0.4, 0.5) is 21.7 Å². The highest BCUT2D eigenvalue weighted by Gasteiger charge is 2.33. The molecule has 2 aliphatic rings. The van der Waals surface area contributed by atoms with Crippen molar-refractivity contribution < 1.29 is 14.0 Å². The first-order valence-electron chi connectivity index (χ1n) is 14.5. The van der Waals surface area contributed by atoms with Crippen molar-refractivity contribution >= 4 is 51.8 Å². The van der Waals surface area contributed by atoms with E-state index in [-0.39, 0.29) is 24.3 Å². The second-order valence-electron chi connectivity index (χ2n) is 11.0. The predicted octanol–water partition coefficient (Wildman–Crippen LogP) is 4.21. The number of hydrogen-bond donors (Lipinski definition) is 3. The van der Waals surface area contributed by atoms with Crippen molar-refractivity contribution in [2.45, 2.75) is 18.6 Å². The Kier molecular flexibility index (Phi) is 8.45. The quantitative estimate of drug-likeness (QED) is 0.264. The van der Waals surface area contributed by atoms with Gasteiger partial charge in [-0.1, -0.05) is 18.2 Å². The van der Waals surface area contributed by atoms with Gasteiger partial charge in [-0.2, -0.15) is 0 Å². The molecule has 5 heterocycles. The lowest BCUT2D eigenvalue weighted by atomic mass is 10.0. The van der Waals surface area contributed by atoms with Crippen LogP contribution < -0.4 is 15.5 Å². The third-order valence-electron chi connectivity index (χ3n) is 8.13. The smallest absolute Gasteiger partial charge is 0.254 e. The number of hydrogen-bond acceptors (Lipinski definition) is 8. The number of alkyl halides is 1. The second kappa shape index (κ2) is 12.6. The molecule has 0 unspecified atom stereocenters. The van der Waals surface area contributed by atoms with Gasteiger partial charge in [-0.15, -0.1) is 0 Å². The van der Waals surface area contributed by atoms with Gasteiger partial charge < -0.3 is 30.3 Å². The molecular weight excluding hydrogens is 585 g/mol. The fourth-order valence-electron chi connectivity index (χ4n) is 5.64. The molecule has 4 aromatic rings. The Morgan fingerprint density at radius 1 is 1.16 bits per heavy atom. The molecule has 228 valence electrons. The summed E-state index contributed by atoms with van der Waals surface area (Å²) in [6.07, 6.45) is 5.20. The minimum atomic E-state index is -1.35. The summed E-state index contributed by atoms with van der Waals surface area (Å²) in [5.41, 5.74) is 3.79. The number of likely N-dealkylation sites (N-methyl/N-ethyl adjacent to an activating group) is 1. The van der Waals surface area contributed by atoms with Crippen LogP contribution >= 0.6 is 11.6 Å². The van der Waals surface area contributed by atoms with Gasteiger partial charge in [-0.25, -0.2) is 19.3 Å². The molecule has 0 bridgehead atoms. The van der Waals surface area contributed by atoms with Crippen LogP contribution in [0.25, 0.3) is 22.3 Å². The lowest BCUT2D eigenvalue weighted by Crippen LogP contribution is -2.50. The van der Waals surface area contributed by atoms with Crippen LogP contribution in [0.2, 0.25) is 5.02 Å². The summed E-state index contributed by atoms with van der Waals surface area (Å²) in [5.74, 6) is -0.338. The highest BCUT2D eigenvalue weighted by Crippen LogP contribution is 2.33. The van der Waals surface area contributed by atoms with Crippen LogP contribution in [-0.2, 0) is 4.79 Å². The number of piperazine rings is 1. The van der Waals surface area contributed by atoms with Crippen LogP contribution in [0.3, 0.4) is 0 Å². The van der Waals surface area contributed by atoms with Gasteiger partial charge in [0.05, 0.1) is 40.9 Å². The van der Waals surface area contributed by atoms with E-state index in [2.05, 4.69) is 54.0 Å². The molecule has 13 heteroatoms. The lowest BCUT2D eigenvalue weighted by Gasteiger charge is -2.36. The zero-order chi connectivity index (χ0) is 30.8. The van der Waals surface area contributed by atoms with Gasteiger partial charge in [-0.05, 0) is 49.9 Å². The van der Waals surface area contributed by atoms with Gasteiger partial charge in [0.1, 0.15) is 11.8 Å². The van der Waals surface area contributed by atoms with Crippen molar-refractivity contribution in [2.24, 2.45) is 0 Å². The minimum absolute atomic E-state index is 0.0795. The molecule has 44 heavy (non-hydrogen) atoms. The molecule has 2 amide bonds. The summed E-state index contributed by atoms with van der Waals surface area (Å²) < 4.78 is 15.6. The molecule has 0 radical (unpaired) electrons. The van der Waals surface area contributed by atoms with Gasteiger partial charge in [0, 0.05) is 61.6 Å². The first-order valence-corrected chi connectivity index (χ1v) is 14.8. The molecule has 2 fully saturated rings. The number of carbonyl (C=O) groups is 2. The van der Waals surface area contributed by atoms with Crippen molar-refractivity contribution in [3.63, 3.8) is 0 Å². The van der Waals surface area contributed by atoms with E-state index in [4.69, 9.17) is 11.6 Å². The maximum Gasteiger partial charge on any atom is 0.254 e. The largest absolute Gasteiger partial charge is 0.367 e. The molecule has 0 saturated carbocycles. The fraction of sp³-hybridized carbons (Fsp3) is 0.323. The number of piperidine rings is 1. The van der Waals surface area contributed by atoms with Gasteiger partial charge in [0.2, 0.25) is 11.9 Å². The molecule has 2 atom stereocenters. The van der Waals surface area contributed by atoms with E-state index in [1.54, 1.807) is 30.6 Å². The van der Waals surface area contributed by atoms with E-state index in [0.717, 1.165) is 42.8 Å². The van der Waals surface area contributed by atoms with Crippen LogP contribution in [0, 0.1) is 0 Å². The van der Waals surface area contributed by atoms with E-state index < -0.39 is 12.2 Å². The molecule has 3 N–H and O–H groups in total. The number of nitrogens with zero attached hydrogens (tertiary/aromatic N) is 6. The van der Waals surface area contributed by atoms with Gasteiger partial charge in [0.25, 0.3) is 5.91 Å². The van der Waals surface area contributed by atoms with Gasteiger partial charge >= 0.3 is 0 Å². The number of rotatable bonds is 7. The van der Waals surface area contributed by atoms with E-state index >= 15 is 4.39 Å². The topological polar surface area (TPSA) is 122 Å². The summed E-state index contributed by atoms with van der Waals surface area (Å²) in [6.45, 7) is 7.02. The highest BCUT2D eigenvalue weighted by atomic mass is 35.5. The van der Waals surface area contributed by atoms with E-state index in [1.807, 2.05) is 12.1 Å². The Morgan fingerprint density at radius 2 is 1.98 bits per heavy atom. The standard InChI is InChI=1S/C31H33ClFN9O2/c1-3-27(43)37-25-7-6-19(15-26(25)41-13-11-40(2)12-14-41)30(44)42-10-8-24(23(33)18-42)38-31-36-17-22(32)28(39-31)21-16-35-29-20(21)5-4-9-34-29/h3-7,9,15-17,23-24H,1,8,10-14,18H2,2H3,(H,34,35)(H,37,43)(H,36,38,39)/t23-,24-/m1/s1. The number of H-pyrrole nitrogens is 1. The number of aromatic amines is 1. The number of benzene rings is 1. The number of pyridine rings is 1. The monoisotopic (exact) mass is 617 g/mol. The van der Waals surface area contributed by atoms with Crippen LogP contribution in [0.5, 0.6) is 0 Å². The van der Waals surface area contributed by atoms with E-state index in [0.29, 0.717) is 40.6 Å². The number of nitrogens with one attached hydrogen (secondary N) is 3. The molecule has 6 rings (SSSR count). The Balaban J connectivity index is 1.15.